The molecule has 1 aromatic rings. The van der Waals surface area contributed by atoms with Crippen LogP contribution in [0.5, 0.6) is 17.2 Å². The van der Waals surface area contributed by atoms with Gasteiger partial charge in [0.15, 0.2) is 17.5 Å². The lowest BCUT2D eigenvalue weighted by atomic mass is 10.1. The van der Waals surface area contributed by atoms with E-state index in [4.69, 9.17) is 23.7 Å². The van der Waals surface area contributed by atoms with Gasteiger partial charge in [0.05, 0.1) is 34.0 Å². The van der Waals surface area contributed by atoms with E-state index in [0.29, 0.717) is 23.9 Å². The first-order valence-electron chi connectivity index (χ1n) is 10.2. The van der Waals surface area contributed by atoms with Gasteiger partial charge in [0.1, 0.15) is 6.10 Å². The van der Waals surface area contributed by atoms with Gasteiger partial charge < -0.3 is 33.9 Å². The molecule has 0 aromatic heterocycles. The minimum Gasteiger partial charge on any atom is -0.493 e. The van der Waals surface area contributed by atoms with Crippen LogP contribution in [0.4, 0.5) is 0 Å². The van der Waals surface area contributed by atoms with Crippen LogP contribution in [0, 0.1) is 0 Å². The molecule has 0 bridgehead atoms. The average Bonchev–Trinajstić information content (AvgIpc) is 3.31. The Morgan fingerprint density at radius 2 is 1.87 bits per heavy atom. The Balaban J connectivity index is 0.00000320. The number of halogens is 1. The van der Waals surface area contributed by atoms with Gasteiger partial charge in [0, 0.05) is 38.9 Å². The molecule has 0 saturated carbocycles. The molecule has 9 heteroatoms. The summed E-state index contributed by atoms with van der Waals surface area (Å²) in [5, 5.41) is 3.47. The van der Waals surface area contributed by atoms with Gasteiger partial charge >= 0.3 is 0 Å². The van der Waals surface area contributed by atoms with Gasteiger partial charge in [-0.15, -0.1) is 24.0 Å². The van der Waals surface area contributed by atoms with Crippen LogP contribution in [0.1, 0.15) is 18.4 Å². The molecule has 1 N–H and O–H groups in total. The number of aliphatic imine (C=N–C) groups is 1. The van der Waals surface area contributed by atoms with Crippen LogP contribution in [0.15, 0.2) is 17.1 Å². The minimum atomic E-state index is 0. The van der Waals surface area contributed by atoms with Gasteiger partial charge in [0.25, 0.3) is 0 Å². The number of methoxy groups -OCH3 is 3. The van der Waals surface area contributed by atoms with Crippen LogP contribution in [0.25, 0.3) is 0 Å². The molecular formula is C21H34IN3O5. The van der Waals surface area contributed by atoms with Crippen LogP contribution >= 0.6 is 24.0 Å². The molecule has 30 heavy (non-hydrogen) atoms. The lowest BCUT2D eigenvalue weighted by Crippen LogP contribution is -2.53. The Bertz CT molecular complexity index is 697. The number of hydrogen-bond acceptors (Lipinski definition) is 6. The van der Waals surface area contributed by atoms with Gasteiger partial charge in [-0.05, 0) is 25.3 Å². The lowest BCUT2D eigenvalue weighted by molar-refractivity contribution is -0.0816. The fourth-order valence-electron chi connectivity index (χ4n) is 3.99. The van der Waals surface area contributed by atoms with E-state index in [9.17, 15) is 0 Å². The van der Waals surface area contributed by atoms with Gasteiger partial charge in [-0.2, -0.15) is 0 Å². The Labute approximate surface area is 196 Å². The summed E-state index contributed by atoms with van der Waals surface area (Å²) in [6, 6.07) is 3.91. The molecule has 0 amide bonds. The van der Waals surface area contributed by atoms with Crippen LogP contribution in [-0.2, 0) is 15.9 Å². The van der Waals surface area contributed by atoms with E-state index >= 15 is 0 Å². The molecule has 2 saturated heterocycles. The summed E-state index contributed by atoms with van der Waals surface area (Å²) in [6.07, 6.45) is 3.26. The molecule has 2 aliphatic rings. The largest absolute Gasteiger partial charge is 0.493 e. The standard InChI is InChI=1S/C21H33N3O5.HI/c1-22-21(24-11-13-29-18(14-24)16-6-5-12-28-16)23-10-9-15-7-8-17(25-2)20(27-4)19(15)26-3;/h7-8,16,18H,5-6,9-14H2,1-4H3,(H,22,23);1H. The van der Waals surface area contributed by atoms with Crippen molar-refractivity contribution in [2.75, 3.05) is 61.2 Å². The SMILES string of the molecule is CN=C(NCCc1ccc(OC)c(OC)c1OC)N1CCOC(C2CCCO2)C1.I. The third-order valence-electron chi connectivity index (χ3n) is 5.45. The highest BCUT2D eigenvalue weighted by atomic mass is 127. The summed E-state index contributed by atoms with van der Waals surface area (Å²) in [5.41, 5.74) is 1.05. The number of hydrogen-bond donors (Lipinski definition) is 1. The number of nitrogens with one attached hydrogen (secondary N) is 1. The predicted molar refractivity (Wildman–Crippen MR) is 127 cm³/mol. The number of rotatable bonds is 7. The number of benzene rings is 1. The second kappa shape index (κ2) is 12.4. The Morgan fingerprint density at radius 3 is 2.50 bits per heavy atom. The first-order valence-corrected chi connectivity index (χ1v) is 10.2. The second-order valence-electron chi connectivity index (χ2n) is 7.12. The highest BCUT2D eigenvalue weighted by Crippen LogP contribution is 2.39. The Hall–Kier alpha value is -1.46. The second-order valence-corrected chi connectivity index (χ2v) is 7.12. The summed E-state index contributed by atoms with van der Waals surface area (Å²) in [4.78, 5) is 6.72. The average molecular weight is 535 g/mol. The third-order valence-corrected chi connectivity index (χ3v) is 5.45. The lowest BCUT2D eigenvalue weighted by Gasteiger charge is -2.37. The van der Waals surface area contributed by atoms with Crippen molar-refractivity contribution in [3.05, 3.63) is 17.7 Å². The highest BCUT2D eigenvalue weighted by Gasteiger charge is 2.32. The quantitative estimate of drug-likeness (QED) is 0.327. The zero-order valence-electron chi connectivity index (χ0n) is 18.3. The smallest absolute Gasteiger partial charge is 0.203 e. The maximum Gasteiger partial charge on any atom is 0.203 e. The van der Waals surface area contributed by atoms with Crippen LogP contribution in [0.3, 0.4) is 0 Å². The maximum atomic E-state index is 5.95. The van der Waals surface area contributed by atoms with E-state index in [2.05, 4.69) is 15.2 Å². The summed E-state index contributed by atoms with van der Waals surface area (Å²) in [5.74, 6) is 2.86. The topological polar surface area (TPSA) is 73.8 Å². The van der Waals surface area contributed by atoms with Gasteiger partial charge in [-0.3, -0.25) is 4.99 Å². The minimum absolute atomic E-state index is 0. The van der Waals surface area contributed by atoms with Crippen molar-refractivity contribution in [1.82, 2.24) is 10.2 Å². The molecule has 0 spiro atoms. The zero-order chi connectivity index (χ0) is 20.6. The molecule has 3 rings (SSSR count). The molecule has 2 atom stereocenters. The fourth-order valence-corrected chi connectivity index (χ4v) is 3.99. The van der Waals surface area contributed by atoms with Crippen molar-refractivity contribution in [2.24, 2.45) is 4.99 Å². The van der Waals surface area contributed by atoms with Gasteiger partial charge in [-0.25, -0.2) is 0 Å². The van der Waals surface area contributed by atoms with Crippen LogP contribution < -0.4 is 19.5 Å². The monoisotopic (exact) mass is 535 g/mol. The van der Waals surface area contributed by atoms with Gasteiger partial charge in [-0.1, -0.05) is 6.07 Å². The number of guanidine groups is 1. The van der Waals surface area contributed by atoms with Crippen molar-refractivity contribution >= 4 is 29.9 Å². The van der Waals surface area contributed by atoms with Crippen molar-refractivity contribution in [3.63, 3.8) is 0 Å². The van der Waals surface area contributed by atoms with Crippen molar-refractivity contribution in [3.8, 4) is 17.2 Å². The number of nitrogens with zero attached hydrogens (tertiary/aromatic N) is 2. The zero-order valence-corrected chi connectivity index (χ0v) is 20.6. The van der Waals surface area contributed by atoms with Crippen LogP contribution in [-0.4, -0.2) is 84.3 Å². The van der Waals surface area contributed by atoms with Crippen molar-refractivity contribution in [1.29, 1.82) is 0 Å². The predicted octanol–water partition coefficient (Wildman–Crippen LogP) is 2.33. The summed E-state index contributed by atoms with van der Waals surface area (Å²) < 4.78 is 28.2. The molecule has 2 heterocycles. The third kappa shape index (κ3) is 5.82. The van der Waals surface area contributed by atoms with Crippen molar-refractivity contribution in [2.45, 2.75) is 31.5 Å². The number of ether oxygens (including phenoxy) is 5. The van der Waals surface area contributed by atoms with E-state index in [1.165, 1.54) is 0 Å². The first kappa shape index (κ1) is 24.8. The molecule has 2 fully saturated rings. The van der Waals surface area contributed by atoms with Gasteiger partial charge in [0.2, 0.25) is 5.75 Å². The Kier molecular flexibility index (Phi) is 10.3. The molecule has 0 aliphatic carbocycles. The van der Waals surface area contributed by atoms with Crippen LogP contribution in [0.2, 0.25) is 0 Å². The van der Waals surface area contributed by atoms with E-state index in [-0.39, 0.29) is 36.2 Å². The molecule has 2 aliphatic heterocycles. The molecule has 8 nitrogen and oxygen atoms in total. The van der Waals surface area contributed by atoms with E-state index < -0.39 is 0 Å². The number of morpholine rings is 1. The Morgan fingerprint density at radius 1 is 1.10 bits per heavy atom. The summed E-state index contributed by atoms with van der Waals surface area (Å²) >= 11 is 0. The summed E-state index contributed by atoms with van der Waals surface area (Å²) in [7, 11) is 6.70. The van der Waals surface area contributed by atoms with E-state index in [1.807, 2.05) is 19.2 Å². The molecule has 2 unspecified atom stereocenters. The fraction of sp³-hybridized carbons (Fsp3) is 0.667. The normalized spacial score (nSPS) is 21.7. The molecular weight excluding hydrogens is 501 g/mol. The maximum absolute atomic E-state index is 5.95. The van der Waals surface area contributed by atoms with E-state index in [0.717, 1.165) is 57.0 Å². The summed E-state index contributed by atoms with van der Waals surface area (Å²) in [6.45, 7) is 3.87. The molecule has 0 radical (unpaired) electrons. The van der Waals surface area contributed by atoms with E-state index in [1.54, 1.807) is 21.3 Å². The molecule has 170 valence electrons. The highest BCUT2D eigenvalue weighted by molar-refractivity contribution is 14.0. The molecule has 1 aromatic carbocycles. The van der Waals surface area contributed by atoms with Crippen molar-refractivity contribution < 1.29 is 23.7 Å². The first-order chi connectivity index (χ1) is 14.2.